The van der Waals surface area contributed by atoms with Gasteiger partial charge >= 0.3 is 11.9 Å². The van der Waals surface area contributed by atoms with Gasteiger partial charge in [0.25, 0.3) is 0 Å². The van der Waals surface area contributed by atoms with Crippen molar-refractivity contribution < 1.29 is 142 Å². The smallest absolute Gasteiger partial charge is 0.344 e. The van der Waals surface area contributed by atoms with Crippen molar-refractivity contribution in [1.29, 1.82) is 0 Å². The summed E-state index contributed by atoms with van der Waals surface area (Å²) in [7, 11) is 9.74. The SMILES string of the molecule is CCOC(=O)COc1cc(OCC(=O)OCC)cc(-c2c3nc(c(-c4cc(OCCOCCOCCOC)cc(OCCOCCOCCOC)c4)c4ccc([nH]4)c(-c4cc(OCCOCCOCCOC)cc(OCCOCCOCCOC)c4)c4nc(c(-c5cc(OCCOCCOCCOC)cc(OCCOCCOCCOC)c5)c5ccc2[nH]5)C=C4)C=C3)c1. The zero-order valence-corrected chi connectivity index (χ0v) is 75.0. The van der Waals surface area contributed by atoms with Gasteiger partial charge < -0.3 is 143 Å². The Morgan fingerprint density at radius 1 is 0.234 bits per heavy atom. The fourth-order valence-corrected chi connectivity index (χ4v) is 12.7. The number of esters is 2. The van der Waals surface area contributed by atoms with Crippen LogP contribution in [0.25, 0.3) is 90.9 Å². The third kappa shape index (κ3) is 36.9. The molecule has 0 unspecified atom stereocenters. The van der Waals surface area contributed by atoms with E-state index >= 15 is 0 Å². The fourth-order valence-electron chi connectivity index (χ4n) is 12.7. The van der Waals surface area contributed by atoms with E-state index in [1.54, 1.807) is 74.7 Å². The van der Waals surface area contributed by atoms with Gasteiger partial charge in [0, 0.05) is 111 Å². The lowest BCUT2D eigenvalue weighted by Crippen LogP contribution is -2.15. The largest absolute Gasteiger partial charge is 0.491 e. The molecule has 0 atom stereocenters. The highest BCUT2D eigenvalue weighted by Gasteiger charge is 2.24. The molecule has 0 spiro atoms. The van der Waals surface area contributed by atoms with Crippen LogP contribution in [0.15, 0.2) is 97.1 Å². The second-order valence-corrected chi connectivity index (χ2v) is 27.9. The van der Waals surface area contributed by atoms with Crippen LogP contribution in [0.1, 0.15) is 36.6 Å². The molecule has 0 amide bonds. The Hall–Kier alpha value is -9.90. The first-order chi connectivity index (χ1) is 63.0. The van der Waals surface area contributed by atoms with Gasteiger partial charge in [-0.05, 0) is 133 Å². The Kier molecular flexibility index (Phi) is 49.0. The average molecular weight is 1790 g/mol. The molecule has 5 heterocycles. The second-order valence-electron chi connectivity index (χ2n) is 27.9. The van der Waals surface area contributed by atoms with Gasteiger partial charge in [-0.25, -0.2) is 19.6 Å². The van der Waals surface area contributed by atoms with Crippen LogP contribution in [-0.2, 0) is 104 Å². The number of fused-ring (bicyclic) bond motifs is 8. The van der Waals surface area contributed by atoms with Gasteiger partial charge in [0.2, 0.25) is 0 Å². The monoisotopic (exact) mass is 1790 g/mol. The lowest BCUT2D eigenvalue weighted by Gasteiger charge is -2.15. The molecule has 702 valence electrons. The molecule has 2 aliphatic rings. The van der Waals surface area contributed by atoms with Gasteiger partial charge in [-0.2, -0.15) is 0 Å². The number of methoxy groups -OCH3 is 6. The van der Waals surface area contributed by atoms with E-state index in [2.05, 4.69) is 9.97 Å². The number of carbonyl (C=O) groups is 2. The van der Waals surface area contributed by atoms with Gasteiger partial charge in [-0.1, -0.05) is 0 Å². The minimum Gasteiger partial charge on any atom is -0.491 e. The summed E-state index contributed by atoms with van der Waals surface area (Å²) in [5, 5.41) is 0. The van der Waals surface area contributed by atoms with Crippen LogP contribution < -0.4 is 37.9 Å². The van der Waals surface area contributed by atoms with Crippen molar-refractivity contribution >= 4 is 58.3 Å². The third-order valence-electron chi connectivity index (χ3n) is 18.6. The van der Waals surface area contributed by atoms with Gasteiger partial charge in [-0.3, -0.25) is 0 Å². The summed E-state index contributed by atoms with van der Waals surface area (Å²) < 4.78 is 164. The highest BCUT2D eigenvalue weighted by Crippen LogP contribution is 2.44. The van der Waals surface area contributed by atoms with E-state index in [1.165, 1.54) is 0 Å². The minimum atomic E-state index is -0.607. The number of aromatic nitrogens is 4. The molecule has 0 fully saturated rings. The summed E-state index contributed by atoms with van der Waals surface area (Å²) >= 11 is 0. The normalized spacial score (nSPS) is 11.7. The highest BCUT2D eigenvalue weighted by atomic mass is 16.6. The van der Waals surface area contributed by atoms with Crippen LogP contribution in [0, 0.1) is 0 Å². The molecule has 7 aromatic rings. The molecular formula is C94H126N4O30. The number of rotatable bonds is 72. The molecule has 2 aliphatic heterocycles. The van der Waals surface area contributed by atoms with Gasteiger partial charge in [0.1, 0.15) is 85.6 Å². The first-order valence-electron chi connectivity index (χ1n) is 43.0. The van der Waals surface area contributed by atoms with Crippen LogP contribution >= 0.6 is 0 Å². The predicted octanol–water partition coefficient (Wildman–Crippen LogP) is 11.6. The first-order valence-corrected chi connectivity index (χ1v) is 43.0. The number of H-pyrrole nitrogens is 2. The second kappa shape index (κ2) is 61.6. The number of nitrogens with zero attached hydrogens (tertiary/aromatic N) is 2. The van der Waals surface area contributed by atoms with Crippen molar-refractivity contribution in [2.75, 3.05) is 307 Å². The summed E-state index contributed by atoms with van der Waals surface area (Å²) in [6.45, 7) is 14.7. The molecule has 0 saturated carbocycles. The zero-order valence-electron chi connectivity index (χ0n) is 75.0. The van der Waals surface area contributed by atoms with Crippen molar-refractivity contribution in [1.82, 2.24) is 19.9 Å². The van der Waals surface area contributed by atoms with E-state index in [4.69, 9.17) is 143 Å². The summed E-state index contributed by atoms with van der Waals surface area (Å²) in [4.78, 5) is 45.4. The molecule has 34 nitrogen and oxygen atoms in total. The topological polar surface area (TPSA) is 350 Å². The molecule has 0 radical (unpaired) electrons. The van der Waals surface area contributed by atoms with Crippen LogP contribution in [0.2, 0.25) is 0 Å². The van der Waals surface area contributed by atoms with Gasteiger partial charge in [0.15, 0.2) is 13.2 Å². The number of hydrogen-bond acceptors (Lipinski definition) is 32. The van der Waals surface area contributed by atoms with Gasteiger partial charge in [0.05, 0.1) is 234 Å². The molecule has 3 aromatic heterocycles. The summed E-state index contributed by atoms with van der Waals surface area (Å²) in [6.07, 6.45) is 7.75. The van der Waals surface area contributed by atoms with Crippen LogP contribution in [0.4, 0.5) is 0 Å². The van der Waals surface area contributed by atoms with E-state index < -0.39 is 25.2 Å². The lowest BCUT2D eigenvalue weighted by atomic mass is 10.0. The fraction of sp³-hybridized carbons (Fsp3) is 0.511. The standard InChI is InChI=1S/C94H126N4O30/c1-9-119-89(99)67-127-79-61-72(62-80(66-79)128-68-90(100)120-10-2)94-87-17-15-85(97-87)92(70-57-75(123-51-45-115-39-33-109-27-21-103-5)64-76(58-70)124-52-46-116-40-34-110-28-22-104-6)83-13-11-81(95-83)91(69-55-73(121-49-43-113-37-31-107-25-19-101-3)63-74(56-69)122-50-44-114-38-32-108-26-20-102-4)82-12-14-84(96-82)93(86-16-18-88(94)98-86)71-59-77(125-53-47-117-41-35-111-29-23-105-7)65-78(60-71)126-54-48-118-42-36-112-30-24-106-8/h11-18,55-66,95,98H,9-10,19-54,67-68H2,1-8H3. The van der Waals surface area contributed by atoms with E-state index in [-0.39, 0.29) is 104 Å². The Morgan fingerprint density at radius 2 is 0.406 bits per heavy atom. The number of benzene rings is 4. The van der Waals surface area contributed by atoms with Crippen LogP contribution in [0.5, 0.6) is 46.0 Å². The maximum Gasteiger partial charge on any atom is 0.344 e. The Balaban J connectivity index is 1.32. The maximum atomic E-state index is 13.1. The molecule has 34 heteroatoms. The molecule has 4 aromatic carbocycles. The zero-order chi connectivity index (χ0) is 90.1. The van der Waals surface area contributed by atoms with E-state index in [1.807, 2.05) is 103 Å². The summed E-state index contributed by atoms with van der Waals surface area (Å²) in [5.74, 6) is 1.93. The molecule has 128 heavy (non-hydrogen) atoms. The number of hydrogen-bond donors (Lipinski definition) is 2. The Bertz CT molecular complexity index is 4340. The van der Waals surface area contributed by atoms with Crippen molar-refractivity contribution in [2.45, 2.75) is 13.8 Å². The number of aromatic amines is 2. The lowest BCUT2D eigenvalue weighted by molar-refractivity contribution is -0.146. The minimum absolute atomic E-state index is 0.121. The molecule has 9 rings (SSSR count). The summed E-state index contributed by atoms with van der Waals surface area (Å²) in [5.41, 5.74) is 9.03. The van der Waals surface area contributed by atoms with Crippen molar-refractivity contribution in [2.24, 2.45) is 0 Å². The first kappa shape index (κ1) is 102. The molecular weight excluding hydrogens is 1670 g/mol. The predicted molar refractivity (Wildman–Crippen MR) is 479 cm³/mol. The molecule has 0 saturated heterocycles. The maximum absolute atomic E-state index is 13.1. The Morgan fingerprint density at radius 3 is 0.586 bits per heavy atom. The average Bonchev–Trinajstić information content (AvgIpc) is 1.60. The van der Waals surface area contributed by atoms with Crippen molar-refractivity contribution in [3.05, 3.63) is 120 Å². The van der Waals surface area contributed by atoms with Crippen molar-refractivity contribution in [3.63, 3.8) is 0 Å². The molecule has 2 N–H and O–H groups in total. The van der Waals surface area contributed by atoms with Gasteiger partial charge in [-0.15, -0.1) is 0 Å². The van der Waals surface area contributed by atoms with E-state index in [0.29, 0.717) is 282 Å². The van der Waals surface area contributed by atoms with Crippen LogP contribution in [-0.4, -0.2) is 339 Å². The van der Waals surface area contributed by atoms with E-state index in [9.17, 15) is 9.59 Å². The Labute approximate surface area is 748 Å². The van der Waals surface area contributed by atoms with Crippen LogP contribution in [0.3, 0.4) is 0 Å². The quantitative estimate of drug-likeness (QED) is 0.0264. The van der Waals surface area contributed by atoms with Crippen molar-refractivity contribution in [3.8, 4) is 90.5 Å². The molecule has 0 aliphatic carbocycles. The number of nitrogens with one attached hydrogen (secondary N) is 2. The number of ether oxygens (including phenoxy) is 28. The third-order valence-corrected chi connectivity index (χ3v) is 18.6. The molecule has 8 bridgehead atoms. The highest BCUT2D eigenvalue weighted by molar-refractivity contribution is 6.00. The number of carbonyl (C=O) groups excluding carboxylic acids is 2. The summed E-state index contributed by atoms with van der Waals surface area (Å²) in [6, 6.07) is 30.0. The van der Waals surface area contributed by atoms with E-state index in [0.717, 1.165) is 0 Å².